The van der Waals surface area contributed by atoms with Crippen molar-refractivity contribution < 1.29 is 9.84 Å². The van der Waals surface area contributed by atoms with Crippen LogP contribution in [0.4, 0.5) is 0 Å². The second-order valence-electron chi connectivity index (χ2n) is 9.27. The summed E-state index contributed by atoms with van der Waals surface area (Å²) < 4.78 is 7.63. The number of nitrogens with one attached hydrogen (secondary N) is 1. The van der Waals surface area contributed by atoms with Gasteiger partial charge in [0.05, 0.1) is 30.5 Å². The van der Waals surface area contributed by atoms with Crippen LogP contribution >= 0.6 is 0 Å². The van der Waals surface area contributed by atoms with Crippen LogP contribution in [0.1, 0.15) is 54.6 Å². The maximum Gasteiger partial charge on any atom is 0.133 e. The summed E-state index contributed by atoms with van der Waals surface area (Å²) in [5.41, 5.74) is 5.57. The molecule has 1 aromatic carbocycles. The molecule has 1 aliphatic heterocycles. The maximum atomic E-state index is 10.3. The molecule has 1 saturated heterocycles. The molecule has 2 fully saturated rings. The van der Waals surface area contributed by atoms with E-state index in [4.69, 9.17) is 9.72 Å². The van der Waals surface area contributed by atoms with Crippen LogP contribution in [-0.4, -0.2) is 48.3 Å². The molecular formula is C24H26N6O2. The van der Waals surface area contributed by atoms with Gasteiger partial charge in [0, 0.05) is 41.4 Å². The number of pyridine rings is 1. The van der Waals surface area contributed by atoms with Gasteiger partial charge in [0.2, 0.25) is 0 Å². The minimum atomic E-state index is -0.655. The Kier molecular flexibility index (Phi) is 4.41. The topological polar surface area (TPSA) is 102 Å². The van der Waals surface area contributed by atoms with E-state index in [0.717, 1.165) is 52.9 Å². The third-order valence-corrected chi connectivity index (χ3v) is 6.80. The number of rotatable bonds is 6. The Balaban J connectivity index is 1.43. The van der Waals surface area contributed by atoms with Crippen LogP contribution in [0.3, 0.4) is 0 Å². The Bertz CT molecular complexity index is 1300. The van der Waals surface area contributed by atoms with Crippen molar-refractivity contribution in [3.8, 4) is 11.3 Å². The number of nitrogens with zero attached hydrogens (tertiary/aromatic N) is 5. The lowest BCUT2D eigenvalue weighted by Gasteiger charge is -2.41. The fourth-order valence-corrected chi connectivity index (χ4v) is 4.66. The Labute approximate surface area is 185 Å². The third kappa shape index (κ3) is 3.13. The smallest absolute Gasteiger partial charge is 0.133 e. The zero-order valence-electron chi connectivity index (χ0n) is 18.2. The van der Waals surface area contributed by atoms with E-state index in [0.29, 0.717) is 24.8 Å². The number of H-pyrrole nitrogens is 1. The number of aromatic nitrogens is 6. The number of benzene rings is 1. The number of aliphatic hydroxyl groups excluding tert-OH is 1. The van der Waals surface area contributed by atoms with Crippen molar-refractivity contribution in [1.82, 2.24) is 29.9 Å². The summed E-state index contributed by atoms with van der Waals surface area (Å²) >= 11 is 0. The van der Waals surface area contributed by atoms with Crippen LogP contribution in [0, 0.1) is 0 Å². The van der Waals surface area contributed by atoms with Crippen LogP contribution in [0.2, 0.25) is 0 Å². The molecule has 0 spiro atoms. The first-order chi connectivity index (χ1) is 15.5. The maximum absolute atomic E-state index is 10.3. The average Bonchev–Trinajstić information content (AvgIpc) is 3.41. The Morgan fingerprint density at radius 1 is 1.28 bits per heavy atom. The standard InChI is InChI=1S/C24H26N6O2/c1-14(31)21-23-18(9-19(26-21)15-6-7-15)22(28-29-23)16-4-3-5-17(8-16)24(11-32-12-24)10-20-27-25-13-30(20)2/h3-5,8-9,13-15,31H,6-7,10-12H2,1-2H3,(H,28,29)/t14-/m1/s1. The first kappa shape index (κ1) is 19.6. The highest BCUT2D eigenvalue weighted by atomic mass is 16.5. The van der Waals surface area contributed by atoms with E-state index in [-0.39, 0.29) is 5.41 Å². The fourth-order valence-electron chi connectivity index (χ4n) is 4.66. The largest absolute Gasteiger partial charge is 0.387 e. The molecule has 8 heteroatoms. The van der Waals surface area contributed by atoms with Crippen LogP contribution in [0.25, 0.3) is 22.2 Å². The SMILES string of the molecule is C[C@@H](O)c1nc(C2CC2)cc2c(-c3cccc(C4(Cc5nncn5C)COC4)c3)n[nH]c12. The number of ether oxygens (including phenoxy) is 1. The molecule has 6 rings (SSSR count). The number of hydrogen-bond acceptors (Lipinski definition) is 6. The van der Waals surface area contributed by atoms with Gasteiger partial charge in [0.1, 0.15) is 17.8 Å². The zero-order chi connectivity index (χ0) is 21.9. The lowest BCUT2D eigenvalue weighted by Crippen LogP contribution is -2.49. The molecule has 0 unspecified atom stereocenters. The molecule has 0 radical (unpaired) electrons. The van der Waals surface area contributed by atoms with Gasteiger partial charge in [-0.25, -0.2) is 0 Å². The summed E-state index contributed by atoms with van der Waals surface area (Å²) in [6.45, 7) is 3.07. The van der Waals surface area contributed by atoms with Crippen molar-refractivity contribution in [3.05, 3.63) is 59.4 Å². The van der Waals surface area contributed by atoms with E-state index in [9.17, 15) is 5.11 Å². The van der Waals surface area contributed by atoms with Gasteiger partial charge in [-0.1, -0.05) is 18.2 Å². The van der Waals surface area contributed by atoms with Gasteiger partial charge in [-0.2, -0.15) is 5.10 Å². The van der Waals surface area contributed by atoms with Gasteiger partial charge in [-0.3, -0.25) is 10.1 Å². The van der Waals surface area contributed by atoms with Crippen molar-refractivity contribution in [3.63, 3.8) is 0 Å². The molecule has 1 aliphatic carbocycles. The van der Waals surface area contributed by atoms with Gasteiger partial charge < -0.3 is 14.4 Å². The normalized spacial score (nSPS) is 18.6. The summed E-state index contributed by atoms with van der Waals surface area (Å²) in [6, 6.07) is 10.7. The van der Waals surface area contributed by atoms with E-state index in [2.05, 4.69) is 50.7 Å². The molecule has 32 heavy (non-hydrogen) atoms. The number of aryl methyl sites for hydroxylation is 1. The summed E-state index contributed by atoms with van der Waals surface area (Å²) in [5.74, 6) is 1.44. The second-order valence-corrected chi connectivity index (χ2v) is 9.27. The minimum Gasteiger partial charge on any atom is -0.387 e. The van der Waals surface area contributed by atoms with Crippen LogP contribution < -0.4 is 0 Å². The molecule has 0 bridgehead atoms. The Morgan fingerprint density at radius 2 is 2.12 bits per heavy atom. The van der Waals surface area contributed by atoms with Crippen molar-refractivity contribution in [1.29, 1.82) is 0 Å². The number of aliphatic hydroxyl groups is 1. The lowest BCUT2D eigenvalue weighted by atomic mass is 9.75. The summed E-state index contributed by atoms with van der Waals surface area (Å²) in [4.78, 5) is 4.75. The summed E-state index contributed by atoms with van der Waals surface area (Å²) in [5, 5.41) is 27.4. The molecule has 2 aliphatic rings. The van der Waals surface area contributed by atoms with Gasteiger partial charge >= 0.3 is 0 Å². The van der Waals surface area contributed by atoms with E-state index < -0.39 is 6.10 Å². The average molecular weight is 431 g/mol. The monoisotopic (exact) mass is 430 g/mol. The van der Waals surface area contributed by atoms with E-state index >= 15 is 0 Å². The first-order valence-electron chi connectivity index (χ1n) is 11.1. The molecule has 2 N–H and O–H groups in total. The van der Waals surface area contributed by atoms with Crippen molar-refractivity contribution >= 4 is 10.9 Å². The predicted octanol–water partition coefficient (Wildman–Crippen LogP) is 3.19. The summed E-state index contributed by atoms with van der Waals surface area (Å²) in [6.07, 6.45) is 4.17. The van der Waals surface area contributed by atoms with Gasteiger partial charge in [0.25, 0.3) is 0 Å². The van der Waals surface area contributed by atoms with Gasteiger partial charge in [0.15, 0.2) is 0 Å². The third-order valence-electron chi connectivity index (χ3n) is 6.80. The molecular weight excluding hydrogens is 404 g/mol. The van der Waals surface area contributed by atoms with Crippen molar-refractivity contribution in [2.45, 2.75) is 43.6 Å². The molecule has 164 valence electrons. The van der Waals surface area contributed by atoms with Crippen LogP contribution in [0.5, 0.6) is 0 Å². The second kappa shape index (κ2) is 7.21. The van der Waals surface area contributed by atoms with E-state index in [1.165, 1.54) is 5.56 Å². The summed E-state index contributed by atoms with van der Waals surface area (Å²) in [7, 11) is 1.97. The van der Waals surface area contributed by atoms with Crippen LogP contribution in [-0.2, 0) is 23.6 Å². The molecule has 1 saturated carbocycles. The first-order valence-corrected chi connectivity index (χ1v) is 11.1. The Hall–Kier alpha value is -3.10. The molecule has 1 atom stereocenters. The molecule has 3 aromatic heterocycles. The van der Waals surface area contributed by atoms with E-state index in [1.54, 1.807) is 13.3 Å². The van der Waals surface area contributed by atoms with Gasteiger partial charge in [-0.15, -0.1) is 10.2 Å². The zero-order valence-corrected chi connectivity index (χ0v) is 18.2. The highest BCUT2D eigenvalue weighted by Gasteiger charge is 2.42. The highest BCUT2D eigenvalue weighted by molar-refractivity contribution is 5.94. The van der Waals surface area contributed by atoms with Crippen molar-refractivity contribution in [2.75, 3.05) is 13.2 Å². The number of aromatic amines is 1. The molecule has 4 aromatic rings. The Morgan fingerprint density at radius 3 is 2.78 bits per heavy atom. The predicted molar refractivity (Wildman–Crippen MR) is 119 cm³/mol. The minimum absolute atomic E-state index is 0.117. The lowest BCUT2D eigenvalue weighted by molar-refractivity contribution is -0.0611. The van der Waals surface area contributed by atoms with Crippen LogP contribution in [0.15, 0.2) is 36.7 Å². The quantitative estimate of drug-likeness (QED) is 0.487. The van der Waals surface area contributed by atoms with Gasteiger partial charge in [-0.05, 0) is 37.5 Å². The highest BCUT2D eigenvalue weighted by Crippen LogP contribution is 2.42. The molecule has 4 heterocycles. The number of fused-ring (bicyclic) bond motifs is 1. The molecule has 8 nitrogen and oxygen atoms in total. The number of hydrogen-bond donors (Lipinski definition) is 2. The fraction of sp³-hybridized carbons (Fsp3) is 0.417. The molecule has 0 amide bonds. The van der Waals surface area contributed by atoms with Crippen molar-refractivity contribution in [2.24, 2.45) is 7.05 Å². The van der Waals surface area contributed by atoms with E-state index in [1.807, 2.05) is 11.6 Å².